The van der Waals surface area contributed by atoms with Gasteiger partial charge in [0.05, 0.1) is 17.5 Å². The van der Waals surface area contributed by atoms with Gasteiger partial charge in [0, 0.05) is 11.3 Å². The number of benzene rings is 3. The van der Waals surface area contributed by atoms with Crippen LogP contribution in [0.15, 0.2) is 89.5 Å². The van der Waals surface area contributed by atoms with Crippen LogP contribution in [0.1, 0.15) is 27.0 Å². The van der Waals surface area contributed by atoms with Gasteiger partial charge in [0.1, 0.15) is 12.4 Å². The summed E-state index contributed by atoms with van der Waals surface area (Å²) >= 11 is 0. The Kier molecular flexibility index (Phi) is 6.88. The summed E-state index contributed by atoms with van der Waals surface area (Å²) in [6, 6.07) is 19.2. The molecule has 3 aromatic carbocycles. The first-order valence-electron chi connectivity index (χ1n) is 11.7. The Morgan fingerprint density at radius 3 is 2.44 bits per heavy atom. The number of ether oxygens (including phenoxy) is 1. The third-order valence-electron chi connectivity index (χ3n) is 5.79. The maximum atomic E-state index is 13.2. The maximum Gasteiger partial charge on any atom is 0.416 e. The van der Waals surface area contributed by atoms with E-state index in [2.05, 4.69) is 15.4 Å². The highest BCUT2D eigenvalue weighted by molar-refractivity contribution is 6.04. The molecule has 0 aliphatic carbocycles. The van der Waals surface area contributed by atoms with Gasteiger partial charge in [-0.1, -0.05) is 18.2 Å². The van der Waals surface area contributed by atoms with Gasteiger partial charge in [-0.2, -0.15) is 18.2 Å². The number of alkyl halides is 3. The number of hydrogen-bond acceptors (Lipinski definition) is 5. The van der Waals surface area contributed by atoms with E-state index in [9.17, 15) is 22.4 Å². The number of carbonyl (C=O) groups excluding carboxylic acids is 1. The van der Waals surface area contributed by atoms with Crippen LogP contribution in [0.3, 0.4) is 0 Å². The number of carbonyl (C=O) groups is 1. The van der Waals surface area contributed by atoms with Crippen molar-refractivity contribution in [2.45, 2.75) is 19.7 Å². The van der Waals surface area contributed by atoms with Gasteiger partial charge in [0.25, 0.3) is 5.91 Å². The number of halogens is 4. The van der Waals surface area contributed by atoms with Crippen molar-refractivity contribution in [3.63, 3.8) is 0 Å². The van der Waals surface area contributed by atoms with Crippen LogP contribution in [0.5, 0.6) is 6.01 Å². The number of aryl methyl sites for hydroxylation is 1. The van der Waals surface area contributed by atoms with Crippen molar-refractivity contribution in [1.82, 2.24) is 14.8 Å². The minimum absolute atomic E-state index is 0.0320. The minimum Gasteiger partial charge on any atom is -0.461 e. The van der Waals surface area contributed by atoms with Crippen molar-refractivity contribution in [2.24, 2.45) is 0 Å². The van der Waals surface area contributed by atoms with E-state index in [1.807, 2.05) is 0 Å². The average molecular weight is 536 g/mol. The first-order valence-corrected chi connectivity index (χ1v) is 11.7. The number of amides is 1. The fourth-order valence-electron chi connectivity index (χ4n) is 3.79. The summed E-state index contributed by atoms with van der Waals surface area (Å²) in [7, 11) is 0. The quantitative estimate of drug-likeness (QED) is 0.231. The summed E-state index contributed by atoms with van der Waals surface area (Å²) in [4.78, 5) is 17.0. The topological polar surface area (TPSA) is 82.2 Å². The molecule has 0 spiro atoms. The molecular formula is C28H20F4N4O3. The molecule has 2 heterocycles. The molecule has 1 N–H and O–H groups in total. The second-order valence-electron chi connectivity index (χ2n) is 8.55. The molecule has 198 valence electrons. The van der Waals surface area contributed by atoms with Crippen molar-refractivity contribution in [3.8, 4) is 23.3 Å². The predicted octanol–water partition coefficient (Wildman–Crippen LogP) is 6.82. The molecule has 0 saturated heterocycles. The SMILES string of the molecule is Cc1ccc(C(=O)Nc2ccc(-n3nc(OCc4ccc(F)cc4)nc3-c3ccco3)cc2)cc1C(F)(F)F. The molecule has 11 heteroatoms. The van der Waals surface area contributed by atoms with E-state index in [0.29, 0.717) is 23.0 Å². The third-order valence-corrected chi connectivity index (χ3v) is 5.79. The standard InChI is InChI=1S/C28H20F4N4O3/c1-17-4-7-19(15-23(17)28(30,31)32)26(37)33-21-10-12-22(13-11-21)36-25(24-3-2-14-38-24)34-27(35-36)39-16-18-5-8-20(29)9-6-18/h2-15H,16H2,1H3,(H,33,37). The molecule has 0 saturated carbocycles. The van der Waals surface area contributed by atoms with Crippen LogP contribution < -0.4 is 10.1 Å². The molecule has 39 heavy (non-hydrogen) atoms. The highest BCUT2D eigenvalue weighted by atomic mass is 19.4. The van der Waals surface area contributed by atoms with Crippen LogP contribution in [-0.2, 0) is 12.8 Å². The molecule has 0 bridgehead atoms. The van der Waals surface area contributed by atoms with Crippen LogP contribution in [0.2, 0.25) is 0 Å². The molecular weight excluding hydrogens is 516 g/mol. The number of anilines is 1. The van der Waals surface area contributed by atoms with Crippen LogP contribution >= 0.6 is 0 Å². The molecule has 0 atom stereocenters. The highest BCUT2D eigenvalue weighted by Crippen LogP contribution is 2.32. The number of nitrogens with one attached hydrogen (secondary N) is 1. The van der Waals surface area contributed by atoms with Crippen molar-refractivity contribution >= 4 is 11.6 Å². The Morgan fingerprint density at radius 2 is 1.77 bits per heavy atom. The van der Waals surface area contributed by atoms with E-state index < -0.39 is 17.6 Å². The number of aromatic nitrogens is 3. The molecule has 0 unspecified atom stereocenters. The molecule has 5 rings (SSSR count). The summed E-state index contributed by atoms with van der Waals surface area (Å²) in [5.41, 5.74) is 0.701. The summed E-state index contributed by atoms with van der Waals surface area (Å²) in [6.45, 7) is 1.45. The number of hydrogen-bond donors (Lipinski definition) is 1. The minimum atomic E-state index is -4.56. The van der Waals surface area contributed by atoms with Gasteiger partial charge in [-0.25, -0.2) is 9.07 Å². The zero-order valence-electron chi connectivity index (χ0n) is 20.4. The summed E-state index contributed by atoms with van der Waals surface area (Å²) in [6.07, 6.45) is -3.07. The largest absolute Gasteiger partial charge is 0.461 e. The smallest absolute Gasteiger partial charge is 0.416 e. The Morgan fingerprint density at radius 1 is 1.03 bits per heavy atom. The molecule has 2 aromatic heterocycles. The Balaban J connectivity index is 1.35. The van der Waals surface area contributed by atoms with Gasteiger partial charge in [0.2, 0.25) is 5.82 Å². The fourth-order valence-corrected chi connectivity index (χ4v) is 3.79. The fraction of sp³-hybridized carbons (Fsp3) is 0.107. The number of rotatable bonds is 7. The van der Waals surface area contributed by atoms with Crippen molar-refractivity contribution in [2.75, 3.05) is 5.32 Å². The summed E-state index contributed by atoms with van der Waals surface area (Å²) in [5, 5.41) is 7.01. The summed E-state index contributed by atoms with van der Waals surface area (Å²) < 4.78 is 65.5. The molecule has 1 amide bonds. The normalized spacial score (nSPS) is 11.4. The third kappa shape index (κ3) is 5.82. The van der Waals surface area contributed by atoms with Crippen molar-refractivity contribution in [3.05, 3.63) is 113 Å². The van der Waals surface area contributed by atoms with Gasteiger partial charge in [-0.15, -0.1) is 5.10 Å². The second-order valence-corrected chi connectivity index (χ2v) is 8.55. The average Bonchev–Trinajstić information content (AvgIpc) is 3.59. The number of furan rings is 1. The maximum absolute atomic E-state index is 13.2. The Hall–Kier alpha value is -4.93. The van der Waals surface area contributed by atoms with Gasteiger partial charge >= 0.3 is 12.2 Å². The van der Waals surface area contributed by atoms with Crippen LogP contribution in [0.4, 0.5) is 23.2 Å². The lowest BCUT2D eigenvalue weighted by molar-refractivity contribution is -0.138. The van der Waals surface area contributed by atoms with Crippen molar-refractivity contribution < 1.29 is 31.5 Å². The van der Waals surface area contributed by atoms with E-state index in [1.54, 1.807) is 48.5 Å². The van der Waals surface area contributed by atoms with E-state index in [1.165, 1.54) is 42.1 Å². The molecule has 0 fully saturated rings. The first kappa shape index (κ1) is 25.7. The van der Waals surface area contributed by atoms with Crippen molar-refractivity contribution in [1.29, 1.82) is 0 Å². The zero-order chi connectivity index (χ0) is 27.6. The van der Waals surface area contributed by atoms with Gasteiger partial charge in [-0.3, -0.25) is 4.79 Å². The lowest BCUT2D eigenvalue weighted by Crippen LogP contribution is -2.15. The zero-order valence-corrected chi connectivity index (χ0v) is 20.4. The van der Waals surface area contributed by atoms with Crippen LogP contribution in [0.25, 0.3) is 17.3 Å². The monoisotopic (exact) mass is 536 g/mol. The molecule has 0 aliphatic rings. The highest BCUT2D eigenvalue weighted by Gasteiger charge is 2.33. The van der Waals surface area contributed by atoms with E-state index in [0.717, 1.165) is 11.6 Å². The van der Waals surface area contributed by atoms with Gasteiger partial charge < -0.3 is 14.5 Å². The van der Waals surface area contributed by atoms with E-state index in [4.69, 9.17) is 9.15 Å². The Bertz CT molecular complexity index is 1590. The first-order chi connectivity index (χ1) is 18.7. The van der Waals surface area contributed by atoms with Crippen LogP contribution in [-0.4, -0.2) is 20.7 Å². The molecule has 5 aromatic rings. The molecule has 7 nitrogen and oxygen atoms in total. The van der Waals surface area contributed by atoms with E-state index >= 15 is 0 Å². The van der Waals surface area contributed by atoms with E-state index in [-0.39, 0.29) is 29.6 Å². The Labute approximate surface area is 219 Å². The lowest BCUT2D eigenvalue weighted by atomic mass is 10.0. The number of nitrogens with zero attached hydrogens (tertiary/aromatic N) is 3. The lowest BCUT2D eigenvalue weighted by Gasteiger charge is -2.12. The second kappa shape index (κ2) is 10.4. The van der Waals surface area contributed by atoms with Gasteiger partial charge in [0.15, 0.2) is 5.76 Å². The summed E-state index contributed by atoms with van der Waals surface area (Å²) in [5.74, 6) is -0.255. The van der Waals surface area contributed by atoms with Crippen LogP contribution in [0, 0.1) is 12.7 Å². The molecule has 0 aliphatic heterocycles. The predicted molar refractivity (Wildman–Crippen MR) is 134 cm³/mol. The molecule has 0 radical (unpaired) electrons. The van der Waals surface area contributed by atoms with Gasteiger partial charge in [-0.05, 0) is 78.7 Å².